The van der Waals surface area contributed by atoms with Crippen LogP contribution in [0.5, 0.6) is 0 Å². The van der Waals surface area contributed by atoms with Crippen molar-refractivity contribution in [2.24, 2.45) is 5.92 Å². The van der Waals surface area contributed by atoms with Crippen LogP contribution in [0.15, 0.2) is 0 Å². The minimum atomic E-state index is -0.0401. The van der Waals surface area contributed by atoms with Crippen molar-refractivity contribution >= 4 is 0 Å². The van der Waals surface area contributed by atoms with E-state index in [0.717, 1.165) is 12.5 Å². The molecule has 1 atom stereocenters. The van der Waals surface area contributed by atoms with E-state index in [-0.39, 0.29) is 5.60 Å². The molecule has 0 bridgehead atoms. The molecule has 1 aliphatic carbocycles. The first-order valence-corrected chi connectivity index (χ1v) is 6.82. The van der Waals surface area contributed by atoms with Crippen LogP contribution in [-0.2, 0) is 4.74 Å². The van der Waals surface area contributed by atoms with Crippen LogP contribution in [0.3, 0.4) is 0 Å². The molecular formula is C14H29NO. The van der Waals surface area contributed by atoms with Gasteiger partial charge in [0.2, 0.25) is 0 Å². The summed E-state index contributed by atoms with van der Waals surface area (Å²) in [7, 11) is 1.78. The maximum absolute atomic E-state index is 5.40. The summed E-state index contributed by atoms with van der Waals surface area (Å²) in [6.45, 7) is 7.49. The van der Waals surface area contributed by atoms with Crippen LogP contribution in [0.1, 0.15) is 59.3 Å². The van der Waals surface area contributed by atoms with Gasteiger partial charge in [-0.15, -0.1) is 0 Å². The fraction of sp³-hybridized carbons (Fsp3) is 1.00. The van der Waals surface area contributed by atoms with Crippen molar-refractivity contribution in [3.63, 3.8) is 0 Å². The maximum atomic E-state index is 5.40. The molecule has 0 saturated heterocycles. The minimum absolute atomic E-state index is 0.0401. The molecule has 0 aromatic heterocycles. The first kappa shape index (κ1) is 14.0. The van der Waals surface area contributed by atoms with Gasteiger partial charge in [-0.1, -0.05) is 25.7 Å². The van der Waals surface area contributed by atoms with Crippen molar-refractivity contribution in [1.82, 2.24) is 5.32 Å². The summed E-state index contributed by atoms with van der Waals surface area (Å²) in [5, 5.41) is 3.57. The van der Waals surface area contributed by atoms with E-state index in [1.807, 2.05) is 0 Å². The summed E-state index contributed by atoms with van der Waals surface area (Å²) in [5.74, 6) is 1.01. The van der Waals surface area contributed by atoms with Gasteiger partial charge < -0.3 is 10.1 Å². The van der Waals surface area contributed by atoms with Crippen LogP contribution in [0.4, 0.5) is 0 Å². The molecule has 96 valence electrons. The third kappa shape index (κ3) is 5.31. The zero-order valence-electron chi connectivity index (χ0n) is 11.5. The molecule has 1 fully saturated rings. The Balaban J connectivity index is 2.08. The predicted octanol–water partition coefficient (Wildman–Crippen LogP) is 3.36. The lowest BCUT2D eigenvalue weighted by Crippen LogP contribution is -2.40. The summed E-state index contributed by atoms with van der Waals surface area (Å²) >= 11 is 0. The van der Waals surface area contributed by atoms with Gasteiger partial charge in [-0.25, -0.2) is 0 Å². The van der Waals surface area contributed by atoms with Gasteiger partial charge in [0, 0.05) is 19.7 Å². The van der Waals surface area contributed by atoms with E-state index in [4.69, 9.17) is 4.74 Å². The molecular weight excluding hydrogens is 198 g/mol. The zero-order chi connectivity index (χ0) is 12.0. The van der Waals surface area contributed by atoms with Crippen LogP contribution < -0.4 is 5.32 Å². The Hall–Kier alpha value is -0.0800. The molecule has 0 radical (unpaired) electrons. The average molecular weight is 227 g/mol. The Morgan fingerprint density at radius 2 is 1.94 bits per heavy atom. The molecule has 1 unspecified atom stereocenters. The van der Waals surface area contributed by atoms with Crippen molar-refractivity contribution in [3.8, 4) is 0 Å². The Labute approximate surface area is 101 Å². The largest absolute Gasteiger partial charge is 0.377 e. The van der Waals surface area contributed by atoms with Crippen LogP contribution >= 0.6 is 0 Å². The molecule has 0 aromatic carbocycles. The second kappa shape index (κ2) is 6.61. The van der Waals surface area contributed by atoms with Gasteiger partial charge in [0.15, 0.2) is 0 Å². The molecule has 0 amide bonds. The van der Waals surface area contributed by atoms with Gasteiger partial charge in [-0.3, -0.25) is 0 Å². The van der Waals surface area contributed by atoms with E-state index >= 15 is 0 Å². The summed E-state index contributed by atoms with van der Waals surface area (Å²) in [5.41, 5.74) is -0.0401. The number of hydrogen-bond acceptors (Lipinski definition) is 2. The topological polar surface area (TPSA) is 21.3 Å². The Bertz CT molecular complexity index is 185. The predicted molar refractivity (Wildman–Crippen MR) is 69.7 cm³/mol. The van der Waals surface area contributed by atoms with Crippen LogP contribution in [0.2, 0.25) is 0 Å². The minimum Gasteiger partial charge on any atom is -0.377 e. The number of rotatable bonds is 7. The smallest absolute Gasteiger partial charge is 0.0746 e. The molecule has 1 saturated carbocycles. The van der Waals surface area contributed by atoms with Gasteiger partial charge in [-0.05, 0) is 39.5 Å². The Morgan fingerprint density at radius 1 is 1.31 bits per heavy atom. The van der Waals surface area contributed by atoms with Crippen molar-refractivity contribution in [2.45, 2.75) is 70.9 Å². The second-order valence-electron chi connectivity index (χ2n) is 5.97. The highest BCUT2D eigenvalue weighted by Crippen LogP contribution is 2.28. The number of hydrogen-bond donors (Lipinski definition) is 1. The summed E-state index contributed by atoms with van der Waals surface area (Å²) in [6, 6.07) is 0.620. The first-order chi connectivity index (χ1) is 7.53. The van der Waals surface area contributed by atoms with Crippen LogP contribution in [-0.4, -0.2) is 25.3 Å². The van der Waals surface area contributed by atoms with E-state index in [1.165, 1.54) is 38.5 Å². The molecule has 0 heterocycles. The van der Waals surface area contributed by atoms with E-state index in [1.54, 1.807) is 7.11 Å². The monoisotopic (exact) mass is 227 g/mol. The molecule has 2 nitrogen and oxygen atoms in total. The molecule has 1 N–H and O–H groups in total. The van der Waals surface area contributed by atoms with Crippen molar-refractivity contribution in [2.75, 3.05) is 13.7 Å². The fourth-order valence-corrected chi connectivity index (χ4v) is 2.38. The third-order valence-corrected chi connectivity index (χ3v) is 3.91. The molecule has 16 heavy (non-hydrogen) atoms. The maximum Gasteiger partial charge on any atom is 0.0746 e. The average Bonchev–Trinajstić information content (AvgIpc) is 2.76. The first-order valence-electron chi connectivity index (χ1n) is 6.82. The summed E-state index contributed by atoms with van der Waals surface area (Å²) in [4.78, 5) is 0. The van der Waals surface area contributed by atoms with Gasteiger partial charge >= 0.3 is 0 Å². The molecule has 2 heteroatoms. The van der Waals surface area contributed by atoms with E-state index in [9.17, 15) is 0 Å². The van der Waals surface area contributed by atoms with Crippen molar-refractivity contribution < 1.29 is 4.74 Å². The molecule has 0 aromatic rings. The lowest BCUT2D eigenvalue weighted by atomic mass is 9.99. The second-order valence-corrected chi connectivity index (χ2v) is 5.97. The highest BCUT2D eigenvalue weighted by Gasteiger charge is 2.18. The van der Waals surface area contributed by atoms with Crippen molar-refractivity contribution in [3.05, 3.63) is 0 Å². The van der Waals surface area contributed by atoms with E-state index < -0.39 is 0 Å². The standard InChI is InChI=1S/C14H29NO/c1-12(15-11-14(2,3)16-4)9-10-13-7-5-6-8-13/h12-13,15H,5-11H2,1-4H3. The van der Waals surface area contributed by atoms with Gasteiger partial charge in [0.25, 0.3) is 0 Å². The van der Waals surface area contributed by atoms with E-state index in [0.29, 0.717) is 6.04 Å². The van der Waals surface area contributed by atoms with Gasteiger partial charge in [0.05, 0.1) is 5.60 Å². The van der Waals surface area contributed by atoms with Crippen LogP contribution in [0, 0.1) is 5.92 Å². The summed E-state index contributed by atoms with van der Waals surface area (Å²) in [6.07, 6.45) is 8.57. The molecule has 1 rings (SSSR count). The van der Waals surface area contributed by atoms with Gasteiger partial charge in [0.1, 0.15) is 0 Å². The van der Waals surface area contributed by atoms with E-state index in [2.05, 4.69) is 26.1 Å². The zero-order valence-corrected chi connectivity index (χ0v) is 11.5. The quantitative estimate of drug-likeness (QED) is 0.720. The number of nitrogens with one attached hydrogen (secondary N) is 1. The number of ether oxygens (including phenoxy) is 1. The lowest BCUT2D eigenvalue weighted by molar-refractivity contribution is 0.0211. The van der Waals surface area contributed by atoms with Crippen LogP contribution in [0.25, 0.3) is 0 Å². The molecule has 1 aliphatic rings. The Kier molecular flexibility index (Phi) is 5.77. The fourth-order valence-electron chi connectivity index (χ4n) is 2.38. The highest BCUT2D eigenvalue weighted by molar-refractivity contribution is 4.75. The SMILES string of the molecule is COC(C)(C)CNC(C)CCC1CCCC1. The lowest BCUT2D eigenvalue weighted by Gasteiger charge is -2.26. The third-order valence-electron chi connectivity index (χ3n) is 3.91. The number of methoxy groups -OCH3 is 1. The van der Waals surface area contributed by atoms with Gasteiger partial charge in [-0.2, -0.15) is 0 Å². The highest BCUT2D eigenvalue weighted by atomic mass is 16.5. The Morgan fingerprint density at radius 3 is 2.50 bits per heavy atom. The normalized spacial score (nSPS) is 20.2. The molecule has 0 spiro atoms. The van der Waals surface area contributed by atoms with Crippen molar-refractivity contribution in [1.29, 1.82) is 0 Å². The molecule has 0 aliphatic heterocycles. The summed E-state index contributed by atoms with van der Waals surface area (Å²) < 4.78 is 5.40.